The molecule has 0 aromatic carbocycles. The van der Waals surface area contributed by atoms with E-state index in [2.05, 4.69) is 0 Å². The van der Waals surface area contributed by atoms with Gasteiger partial charge in [-0.1, -0.05) is 11.6 Å². The van der Waals surface area contributed by atoms with Gasteiger partial charge in [0.15, 0.2) is 0 Å². The molecule has 1 aromatic heterocycles. The van der Waals surface area contributed by atoms with E-state index in [1.54, 1.807) is 6.92 Å². The summed E-state index contributed by atoms with van der Waals surface area (Å²) in [5.41, 5.74) is 5.55. The maximum Gasteiger partial charge on any atom is 0.253 e. The predicted molar refractivity (Wildman–Crippen MR) is 51.2 cm³/mol. The molecule has 1 aromatic rings. The van der Waals surface area contributed by atoms with Crippen LogP contribution >= 0.6 is 11.6 Å². The van der Waals surface area contributed by atoms with Gasteiger partial charge in [0.1, 0.15) is 5.02 Å². The highest BCUT2D eigenvalue weighted by molar-refractivity contribution is 6.32. The summed E-state index contributed by atoms with van der Waals surface area (Å²) >= 11 is 5.74. The van der Waals surface area contributed by atoms with E-state index < -0.39 is 0 Å². The highest BCUT2D eigenvalue weighted by Gasteiger charge is 2.09. The molecule has 0 saturated heterocycles. The molecule has 0 atom stereocenters. The molecule has 0 spiro atoms. The molecule has 0 fully saturated rings. The van der Waals surface area contributed by atoms with Crippen molar-refractivity contribution in [1.82, 2.24) is 4.57 Å². The predicted octanol–water partition coefficient (Wildman–Crippen LogP) is 0.474. The number of nitrogens with zero attached hydrogens (tertiary/aromatic N) is 1. The standard InChI is InChI=1S/C8H11ClN2O2/c1-5-4-6(12)11(3-2-10)8(13)7(5)9/h4,13H,2-3,10H2,1H3. The zero-order chi connectivity index (χ0) is 10.0. The van der Waals surface area contributed by atoms with Gasteiger partial charge in [-0.3, -0.25) is 9.36 Å². The number of aromatic hydroxyl groups is 1. The van der Waals surface area contributed by atoms with Gasteiger partial charge in [0.2, 0.25) is 5.88 Å². The molecule has 0 aliphatic carbocycles. The normalized spacial score (nSPS) is 10.4. The van der Waals surface area contributed by atoms with Gasteiger partial charge in [-0.2, -0.15) is 0 Å². The smallest absolute Gasteiger partial charge is 0.253 e. The van der Waals surface area contributed by atoms with Crippen molar-refractivity contribution in [2.45, 2.75) is 13.5 Å². The van der Waals surface area contributed by atoms with Crippen LogP contribution in [0.4, 0.5) is 0 Å². The summed E-state index contributed by atoms with van der Waals surface area (Å²) in [6, 6.07) is 1.37. The van der Waals surface area contributed by atoms with E-state index in [9.17, 15) is 9.90 Å². The summed E-state index contributed by atoms with van der Waals surface area (Å²) in [5, 5.41) is 9.67. The van der Waals surface area contributed by atoms with Crippen LogP contribution in [0.25, 0.3) is 0 Å². The molecule has 0 radical (unpaired) electrons. The van der Waals surface area contributed by atoms with E-state index in [4.69, 9.17) is 17.3 Å². The molecule has 1 heterocycles. The summed E-state index contributed by atoms with van der Waals surface area (Å²) in [6.07, 6.45) is 0. The Hall–Kier alpha value is -1.00. The first-order valence-corrected chi connectivity index (χ1v) is 4.24. The van der Waals surface area contributed by atoms with Crippen LogP contribution in [0, 0.1) is 6.92 Å². The van der Waals surface area contributed by atoms with Crippen LogP contribution in [0.15, 0.2) is 10.9 Å². The molecule has 4 nitrogen and oxygen atoms in total. The highest BCUT2D eigenvalue weighted by atomic mass is 35.5. The Morgan fingerprint density at radius 1 is 1.69 bits per heavy atom. The minimum Gasteiger partial charge on any atom is -0.493 e. The van der Waals surface area contributed by atoms with Gasteiger partial charge in [0, 0.05) is 19.2 Å². The van der Waals surface area contributed by atoms with Gasteiger partial charge < -0.3 is 10.8 Å². The second-order valence-corrected chi connectivity index (χ2v) is 3.12. The van der Waals surface area contributed by atoms with Crippen LogP contribution in [-0.4, -0.2) is 16.2 Å². The zero-order valence-electron chi connectivity index (χ0n) is 7.25. The largest absolute Gasteiger partial charge is 0.493 e. The van der Waals surface area contributed by atoms with Crippen molar-refractivity contribution in [2.75, 3.05) is 6.54 Å². The number of aryl methyl sites for hydroxylation is 1. The van der Waals surface area contributed by atoms with Gasteiger partial charge in [-0.05, 0) is 12.5 Å². The van der Waals surface area contributed by atoms with Crippen molar-refractivity contribution in [1.29, 1.82) is 0 Å². The Labute approximate surface area is 80.6 Å². The van der Waals surface area contributed by atoms with Crippen LogP contribution in [0.5, 0.6) is 5.88 Å². The lowest BCUT2D eigenvalue weighted by Crippen LogP contribution is -2.23. The van der Waals surface area contributed by atoms with E-state index in [0.717, 1.165) is 4.57 Å². The molecular formula is C8H11ClN2O2. The lowest BCUT2D eigenvalue weighted by molar-refractivity contribution is 0.407. The van der Waals surface area contributed by atoms with Crippen molar-refractivity contribution >= 4 is 11.6 Å². The van der Waals surface area contributed by atoms with Crippen molar-refractivity contribution in [3.63, 3.8) is 0 Å². The Kier molecular flexibility index (Phi) is 2.95. The van der Waals surface area contributed by atoms with Crippen LogP contribution in [0.3, 0.4) is 0 Å². The maximum atomic E-state index is 11.3. The third kappa shape index (κ3) is 1.84. The molecule has 0 amide bonds. The Morgan fingerprint density at radius 3 is 2.85 bits per heavy atom. The molecule has 3 N–H and O–H groups in total. The Balaban J connectivity index is 3.35. The van der Waals surface area contributed by atoms with Crippen molar-refractivity contribution < 1.29 is 5.11 Å². The molecule has 5 heteroatoms. The lowest BCUT2D eigenvalue weighted by Gasteiger charge is -2.09. The summed E-state index contributed by atoms with van der Waals surface area (Å²) in [6.45, 7) is 2.22. The number of hydrogen-bond donors (Lipinski definition) is 2. The summed E-state index contributed by atoms with van der Waals surface area (Å²) in [5.74, 6) is -0.211. The first-order chi connectivity index (χ1) is 6.07. The number of rotatable bonds is 2. The van der Waals surface area contributed by atoms with E-state index in [1.165, 1.54) is 6.07 Å². The Morgan fingerprint density at radius 2 is 2.31 bits per heavy atom. The average Bonchev–Trinajstić information content (AvgIpc) is 2.09. The van der Waals surface area contributed by atoms with Crippen molar-refractivity contribution in [3.8, 4) is 5.88 Å². The van der Waals surface area contributed by atoms with Gasteiger partial charge >= 0.3 is 0 Å². The Bertz CT molecular complexity index is 373. The van der Waals surface area contributed by atoms with E-state index in [1.807, 2.05) is 0 Å². The summed E-state index contributed by atoms with van der Waals surface area (Å²) < 4.78 is 1.15. The molecule has 0 aliphatic rings. The first kappa shape index (κ1) is 10.1. The van der Waals surface area contributed by atoms with Crippen LogP contribution < -0.4 is 11.3 Å². The lowest BCUT2D eigenvalue weighted by atomic mass is 10.3. The minimum absolute atomic E-state index is 0.202. The van der Waals surface area contributed by atoms with Gasteiger partial charge in [-0.25, -0.2) is 0 Å². The molecule has 0 aliphatic heterocycles. The second kappa shape index (κ2) is 3.81. The summed E-state index contributed by atoms with van der Waals surface area (Å²) in [7, 11) is 0. The van der Waals surface area contributed by atoms with Crippen molar-refractivity contribution in [3.05, 3.63) is 27.0 Å². The monoisotopic (exact) mass is 202 g/mol. The fourth-order valence-electron chi connectivity index (χ4n) is 1.07. The van der Waals surface area contributed by atoms with Gasteiger partial charge in [0.25, 0.3) is 5.56 Å². The SMILES string of the molecule is Cc1cc(=O)n(CCN)c(O)c1Cl. The van der Waals surface area contributed by atoms with Crippen LogP contribution in [-0.2, 0) is 6.54 Å². The minimum atomic E-state index is -0.287. The fourth-order valence-corrected chi connectivity index (χ4v) is 1.23. The number of pyridine rings is 1. The molecule has 0 bridgehead atoms. The first-order valence-electron chi connectivity index (χ1n) is 3.87. The number of halogens is 1. The van der Waals surface area contributed by atoms with Gasteiger partial charge in [-0.15, -0.1) is 0 Å². The average molecular weight is 203 g/mol. The molecule has 72 valence electrons. The van der Waals surface area contributed by atoms with E-state index in [0.29, 0.717) is 5.56 Å². The van der Waals surface area contributed by atoms with Crippen molar-refractivity contribution in [2.24, 2.45) is 5.73 Å². The highest BCUT2D eigenvalue weighted by Crippen LogP contribution is 2.23. The molecule has 13 heavy (non-hydrogen) atoms. The third-order valence-electron chi connectivity index (χ3n) is 1.76. The topological polar surface area (TPSA) is 68.2 Å². The molecule has 0 saturated carbocycles. The number of nitrogens with two attached hydrogens (primary N) is 1. The number of aromatic nitrogens is 1. The fraction of sp³-hybridized carbons (Fsp3) is 0.375. The van der Waals surface area contributed by atoms with Crippen LogP contribution in [0.1, 0.15) is 5.56 Å². The molecular weight excluding hydrogens is 192 g/mol. The molecule has 0 unspecified atom stereocenters. The number of hydrogen-bond acceptors (Lipinski definition) is 3. The van der Waals surface area contributed by atoms with E-state index >= 15 is 0 Å². The molecule has 1 rings (SSSR count). The summed E-state index contributed by atoms with van der Waals surface area (Å²) in [4.78, 5) is 11.3. The van der Waals surface area contributed by atoms with Crippen LogP contribution in [0.2, 0.25) is 5.02 Å². The quantitative estimate of drug-likeness (QED) is 0.733. The third-order valence-corrected chi connectivity index (χ3v) is 2.22. The zero-order valence-corrected chi connectivity index (χ0v) is 8.01. The van der Waals surface area contributed by atoms with E-state index in [-0.39, 0.29) is 29.6 Å². The van der Waals surface area contributed by atoms with Gasteiger partial charge in [0.05, 0.1) is 0 Å². The maximum absolute atomic E-state index is 11.3. The second-order valence-electron chi connectivity index (χ2n) is 2.74.